The lowest BCUT2D eigenvalue weighted by Crippen LogP contribution is -2.30. The Morgan fingerprint density at radius 3 is 2.35 bits per heavy atom. The number of para-hydroxylation sites is 1. The van der Waals surface area contributed by atoms with Crippen LogP contribution >= 0.6 is 11.8 Å². The smallest absolute Gasteiger partial charge is 0.233 e. The summed E-state index contributed by atoms with van der Waals surface area (Å²) < 4.78 is 0. The van der Waals surface area contributed by atoms with Gasteiger partial charge in [-0.1, -0.05) is 55.9 Å². The van der Waals surface area contributed by atoms with Gasteiger partial charge in [-0.3, -0.25) is 14.5 Å². The largest absolute Gasteiger partial charge is 0.288 e. The predicted molar refractivity (Wildman–Crippen MR) is 93.5 cm³/mol. The summed E-state index contributed by atoms with van der Waals surface area (Å²) in [5.41, 5.74) is 1.47. The van der Waals surface area contributed by atoms with Crippen molar-refractivity contribution >= 4 is 29.1 Å². The maximum absolute atomic E-state index is 12.6. The van der Waals surface area contributed by atoms with Crippen molar-refractivity contribution in [3.05, 3.63) is 71.3 Å². The van der Waals surface area contributed by atoms with Gasteiger partial charge in [0, 0.05) is 28.3 Å². The number of ketones is 1. The van der Waals surface area contributed by atoms with Crippen LogP contribution in [0.15, 0.2) is 70.6 Å². The molecule has 0 saturated heterocycles. The van der Waals surface area contributed by atoms with Gasteiger partial charge in [0.15, 0.2) is 0 Å². The standard InChI is InChI=1S/C19H17NO2S/c1-13(2)19(22)20(14-8-4-3-5-9-14)12-17-18(21)15-10-6-7-11-16(15)23-17/h3-13H,1-2H3. The molecule has 0 spiro atoms. The van der Waals surface area contributed by atoms with E-state index >= 15 is 0 Å². The highest BCUT2D eigenvalue weighted by molar-refractivity contribution is 8.04. The number of benzene rings is 2. The molecule has 4 heteroatoms. The van der Waals surface area contributed by atoms with E-state index in [4.69, 9.17) is 0 Å². The zero-order valence-electron chi connectivity index (χ0n) is 13.0. The van der Waals surface area contributed by atoms with Crippen LogP contribution < -0.4 is 4.90 Å². The van der Waals surface area contributed by atoms with E-state index < -0.39 is 0 Å². The lowest BCUT2D eigenvalue weighted by Gasteiger charge is -2.21. The van der Waals surface area contributed by atoms with Crippen LogP contribution in [0.5, 0.6) is 0 Å². The number of fused-ring (bicyclic) bond motifs is 1. The van der Waals surface area contributed by atoms with Crippen molar-refractivity contribution in [2.24, 2.45) is 5.92 Å². The van der Waals surface area contributed by atoms with Crippen LogP contribution in [0, 0.1) is 5.92 Å². The number of rotatable bonds is 3. The molecule has 23 heavy (non-hydrogen) atoms. The summed E-state index contributed by atoms with van der Waals surface area (Å²) in [5, 5.41) is 0. The number of hydrogen-bond donors (Lipinski definition) is 0. The molecule has 2 aromatic carbocycles. The lowest BCUT2D eigenvalue weighted by atomic mass is 10.1. The molecule has 1 heterocycles. The third kappa shape index (κ3) is 3.08. The van der Waals surface area contributed by atoms with Gasteiger partial charge in [-0.2, -0.15) is 0 Å². The number of anilines is 1. The first kappa shape index (κ1) is 15.6. The molecule has 0 aliphatic carbocycles. The molecule has 0 N–H and O–H groups in total. The van der Waals surface area contributed by atoms with Crippen molar-refractivity contribution in [3.63, 3.8) is 0 Å². The maximum atomic E-state index is 12.6. The van der Waals surface area contributed by atoms with Crippen LogP contribution in [0.3, 0.4) is 0 Å². The van der Waals surface area contributed by atoms with Crippen LogP contribution in [-0.4, -0.2) is 11.7 Å². The first-order valence-electron chi connectivity index (χ1n) is 7.49. The summed E-state index contributed by atoms with van der Waals surface area (Å²) in [7, 11) is 0. The first-order chi connectivity index (χ1) is 11.1. The number of amides is 1. The molecule has 0 radical (unpaired) electrons. The Hall–Kier alpha value is -2.33. The molecule has 0 unspecified atom stereocenters. The molecule has 1 aliphatic rings. The fourth-order valence-corrected chi connectivity index (χ4v) is 3.39. The van der Waals surface area contributed by atoms with Crippen LogP contribution in [0.1, 0.15) is 24.2 Å². The molecule has 0 atom stereocenters. The lowest BCUT2D eigenvalue weighted by molar-refractivity contribution is -0.120. The summed E-state index contributed by atoms with van der Waals surface area (Å²) >= 11 is 1.41. The maximum Gasteiger partial charge on any atom is 0.233 e. The molecule has 2 aromatic rings. The molecular formula is C19H17NO2S. The molecule has 1 amide bonds. The molecule has 3 rings (SSSR count). The van der Waals surface area contributed by atoms with Crippen LogP contribution in [0.25, 0.3) is 0 Å². The number of carbonyl (C=O) groups excluding carboxylic acids is 2. The fraction of sp³-hybridized carbons (Fsp3) is 0.158. The van der Waals surface area contributed by atoms with Crippen molar-refractivity contribution in [2.75, 3.05) is 4.90 Å². The Morgan fingerprint density at radius 2 is 1.70 bits per heavy atom. The van der Waals surface area contributed by atoms with E-state index in [0.29, 0.717) is 10.5 Å². The van der Waals surface area contributed by atoms with Gasteiger partial charge in [0.1, 0.15) is 0 Å². The summed E-state index contributed by atoms with van der Waals surface area (Å²) in [6.07, 6.45) is 1.67. The highest BCUT2D eigenvalue weighted by Crippen LogP contribution is 2.40. The van der Waals surface area contributed by atoms with Gasteiger partial charge in [0.25, 0.3) is 0 Å². The summed E-state index contributed by atoms with van der Waals surface area (Å²) in [4.78, 5) is 28.2. The first-order valence-corrected chi connectivity index (χ1v) is 8.31. The minimum atomic E-state index is -0.157. The average molecular weight is 323 g/mol. The van der Waals surface area contributed by atoms with Crippen LogP contribution in [0.2, 0.25) is 0 Å². The zero-order chi connectivity index (χ0) is 16.4. The van der Waals surface area contributed by atoms with E-state index in [0.717, 1.165) is 10.6 Å². The van der Waals surface area contributed by atoms with Crippen molar-refractivity contribution in [1.29, 1.82) is 0 Å². The van der Waals surface area contributed by atoms with Crippen LogP contribution in [-0.2, 0) is 4.79 Å². The second-order valence-corrected chi connectivity index (χ2v) is 6.70. The normalized spacial score (nSPS) is 15.1. The molecule has 0 fully saturated rings. The van der Waals surface area contributed by atoms with Gasteiger partial charge >= 0.3 is 0 Å². The average Bonchev–Trinajstić information content (AvgIpc) is 2.89. The Labute approximate surface area is 140 Å². The number of hydrogen-bond acceptors (Lipinski definition) is 3. The van der Waals surface area contributed by atoms with Crippen molar-refractivity contribution in [1.82, 2.24) is 0 Å². The summed E-state index contributed by atoms with van der Waals surface area (Å²) in [6, 6.07) is 16.9. The Bertz CT molecular complexity index is 781. The van der Waals surface area contributed by atoms with Gasteiger partial charge < -0.3 is 0 Å². The van der Waals surface area contributed by atoms with E-state index in [-0.39, 0.29) is 17.6 Å². The van der Waals surface area contributed by atoms with Gasteiger partial charge in [-0.15, -0.1) is 0 Å². The Morgan fingerprint density at radius 1 is 1.04 bits per heavy atom. The number of carbonyl (C=O) groups is 2. The molecule has 3 nitrogen and oxygen atoms in total. The molecule has 116 valence electrons. The monoisotopic (exact) mass is 323 g/mol. The molecular weight excluding hydrogens is 306 g/mol. The number of allylic oxidation sites excluding steroid dienone is 1. The zero-order valence-corrected chi connectivity index (χ0v) is 13.8. The van der Waals surface area contributed by atoms with Crippen molar-refractivity contribution in [3.8, 4) is 0 Å². The van der Waals surface area contributed by atoms with E-state index in [9.17, 15) is 9.59 Å². The minimum Gasteiger partial charge on any atom is -0.288 e. The Balaban J connectivity index is 2.00. The predicted octanol–water partition coefficient (Wildman–Crippen LogP) is 4.51. The number of Topliss-reactive ketones (excluding diaryl/α,β-unsaturated/α-hetero) is 1. The molecule has 0 saturated carbocycles. The quantitative estimate of drug-likeness (QED) is 0.780. The molecule has 1 aliphatic heterocycles. The third-order valence-corrected chi connectivity index (χ3v) is 4.67. The molecule has 0 aromatic heterocycles. The van der Waals surface area contributed by atoms with Gasteiger partial charge in [0.2, 0.25) is 11.7 Å². The minimum absolute atomic E-state index is 0.0249. The topological polar surface area (TPSA) is 37.4 Å². The van der Waals surface area contributed by atoms with E-state index in [1.54, 1.807) is 11.1 Å². The highest BCUT2D eigenvalue weighted by atomic mass is 32.2. The number of thioether (sulfide) groups is 1. The van der Waals surface area contributed by atoms with E-state index in [2.05, 4.69) is 0 Å². The fourth-order valence-electron chi connectivity index (χ4n) is 2.38. The third-order valence-electron chi connectivity index (χ3n) is 3.59. The summed E-state index contributed by atoms with van der Waals surface area (Å²) in [5.74, 6) is -0.216. The summed E-state index contributed by atoms with van der Waals surface area (Å²) in [6.45, 7) is 3.71. The molecule has 0 bridgehead atoms. The van der Waals surface area contributed by atoms with Crippen molar-refractivity contribution in [2.45, 2.75) is 18.7 Å². The van der Waals surface area contributed by atoms with Gasteiger partial charge in [-0.25, -0.2) is 0 Å². The van der Waals surface area contributed by atoms with E-state index in [1.807, 2.05) is 68.4 Å². The van der Waals surface area contributed by atoms with E-state index in [1.165, 1.54) is 11.8 Å². The van der Waals surface area contributed by atoms with Crippen molar-refractivity contribution < 1.29 is 9.59 Å². The van der Waals surface area contributed by atoms with Gasteiger partial charge in [-0.05, 0) is 24.3 Å². The van der Waals surface area contributed by atoms with Gasteiger partial charge in [0.05, 0.1) is 4.91 Å². The van der Waals surface area contributed by atoms with Crippen LogP contribution in [0.4, 0.5) is 5.69 Å². The second-order valence-electron chi connectivity index (χ2n) is 5.62. The number of nitrogens with zero attached hydrogens (tertiary/aromatic N) is 1. The Kier molecular flexibility index (Phi) is 4.35. The second kappa shape index (κ2) is 6.42. The SMILES string of the molecule is CC(C)C(=O)N(C=C1Sc2ccccc2C1=O)c1ccccc1. The highest BCUT2D eigenvalue weighted by Gasteiger charge is 2.27.